The number of nitrogens with two attached hydrogens (primary N) is 1. The summed E-state index contributed by atoms with van der Waals surface area (Å²) in [6.07, 6.45) is 0. The summed E-state index contributed by atoms with van der Waals surface area (Å²) < 4.78 is 27.4. The largest absolute Gasteiger partial charge is 0.324 e. The maximum Gasteiger partial charge on any atom is 0.178 e. The zero-order chi connectivity index (χ0) is 14.7. The zero-order valence-corrected chi connectivity index (χ0v) is 11.3. The Labute approximate surface area is 116 Å². The molecule has 3 N–H and O–H groups in total. The second-order valence-electron chi connectivity index (χ2n) is 4.35. The van der Waals surface area contributed by atoms with Crippen molar-refractivity contribution in [1.29, 1.82) is 0 Å². The number of nitrogen functional groups attached to an aromatic ring is 1. The summed E-state index contributed by atoms with van der Waals surface area (Å²) in [5, 5.41) is 0. The van der Waals surface area contributed by atoms with Crippen LogP contribution in [-0.4, -0.2) is 11.5 Å². The first-order chi connectivity index (χ1) is 9.56. The summed E-state index contributed by atoms with van der Waals surface area (Å²) in [6, 6.07) is 8.34. The van der Waals surface area contributed by atoms with Crippen LogP contribution in [0.25, 0.3) is 0 Å². The van der Waals surface area contributed by atoms with E-state index in [0.717, 1.165) is 17.3 Å². The SMILES string of the molecule is CCN(c1cccc(C)c1)c1nc(NN)c(F)cc1F. The van der Waals surface area contributed by atoms with Gasteiger partial charge in [-0.05, 0) is 31.5 Å². The van der Waals surface area contributed by atoms with Crippen LogP contribution in [0.5, 0.6) is 0 Å². The van der Waals surface area contributed by atoms with Crippen LogP contribution >= 0.6 is 0 Å². The number of hydrogen-bond acceptors (Lipinski definition) is 4. The number of halogens is 2. The van der Waals surface area contributed by atoms with E-state index in [1.165, 1.54) is 0 Å². The molecular formula is C14H16F2N4. The average molecular weight is 278 g/mol. The Hall–Kier alpha value is -2.21. The Morgan fingerprint density at radius 3 is 2.60 bits per heavy atom. The van der Waals surface area contributed by atoms with Crippen molar-refractivity contribution in [2.45, 2.75) is 13.8 Å². The quantitative estimate of drug-likeness (QED) is 0.666. The Kier molecular flexibility index (Phi) is 4.14. The number of nitrogens with zero attached hydrogens (tertiary/aromatic N) is 2. The van der Waals surface area contributed by atoms with E-state index in [0.29, 0.717) is 6.54 Å². The molecule has 0 unspecified atom stereocenters. The molecule has 0 spiro atoms. The number of aryl methyl sites for hydroxylation is 1. The molecule has 0 radical (unpaired) electrons. The molecule has 20 heavy (non-hydrogen) atoms. The molecule has 0 aliphatic rings. The van der Waals surface area contributed by atoms with Crippen molar-refractivity contribution >= 4 is 17.3 Å². The highest BCUT2D eigenvalue weighted by Crippen LogP contribution is 2.28. The van der Waals surface area contributed by atoms with Gasteiger partial charge in [0.2, 0.25) is 0 Å². The second kappa shape index (κ2) is 5.83. The zero-order valence-electron chi connectivity index (χ0n) is 11.3. The molecule has 0 amide bonds. The van der Waals surface area contributed by atoms with Crippen molar-refractivity contribution in [2.24, 2.45) is 5.84 Å². The molecule has 1 aromatic heterocycles. The third kappa shape index (κ3) is 2.70. The van der Waals surface area contributed by atoms with Crippen LogP contribution in [0, 0.1) is 18.6 Å². The fourth-order valence-electron chi connectivity index (χ4n) is 2.00. The maximum absolute atomic E-state index is 14.0. The number of hydrazine groups is 1. The molecule has 4 nitrogen and oxygen atoms in total. The van der Waals surface area contributed by atoms with E-state index in [2.05, 4.69) is 10.4 Å². The summed E-state index contributed by atoms with van der Waals surface area (Å²) in [5.74, 6) is 3.47. The Morgan fingerprint density at radius 1 is 1.25 bits per heavy atom. The Bertz CT molecular complexity index is 616. The lowest BCUT2D eigenvalue weighted by molar-refractivity contribution is 0.575. The molecule has 6 heteroatoms. The molecule has 0 aliphatic heterocycles. The first-order valence-electron chi connectivity index (χ1n) is 6.23. The van der Waals surface area contributed by atoms with E-state index in [9.17, 15) is 8.78 Å². The van der Waals surface area contributed by atoms with E-state index >= 15 is 0 Å². The van der Waals surface area contributed by atoms with E-state index in [4.69, 9.17) is 5.84 Å². The minimum atomic E-state index is -0.825. The van der Waals surface area contributed by atoms with Crippen molar-refractivity contribution in [3.05, 3.63) is 47.5 Å². The fraction of sp³-hybridized carbons (Fsp3) is 0.214. The van der Waals surface area contributed by atoms with E-state index in [1.807, 2.05) is 38.1 Å². The van der Waals surface area contributed by atoms with Gasteiger partial charge in [0.15, 0.2) is 23.3 Å². The van der Waals surface area contributed by atoms with E-state index < -0.39 is 11.6 Å². The van der Waals surface area contributed by atoms with Crippen molar-refractivity contribution < 1.29 is 8.78 Å². The van der Waals surface area contributed by atoms with Crippen molar-refractivity contribution in [2.75, 3.05) is 16.9 Å². The molecule has 0 saturated heterocycles. The molecule has 106 valence electrons. The van der Waals surface area contributed by atoms with Gasteiger partial charge in [-0.2, -0.15) is 0 Å². The highest BCUT2D eigenvalue weighted by Gasteiger charge is 2.17. The first-order valence-corrected chi connectivity index (χ1v) is 6.23. The standard InChI is InChI=1S/C14H16F2N4/c1-3-20(10-6-4-5-9(2)7-10)14-12(16)8-11(15)13(18-14)19-17/h4-8H,3,17H2,1-2H3,(H,18,19). The van der Waals surface area contributed by atoms with Gasteiger partial charge >= 0.3 is 0 Å². The van der Waals surface area contributed by atoms with Gasteiger partial charge in [0.1, 0.15) is 0 Å². The molecule has 1 heterocycles. The van der Waals surface area contributed by atoms with Gasteiger partial charge in [-0.3, -0.25) is 0 Å². The van der Waals surface area contributed by atoms with Gasteiger partial charge in [-0.25, -0.2) is 19.6 Å². The summed E-state index contributed by atoms with van der Waals surface area (Å²) in [4.78, 5) is 5.56. The number of benzene rings is 1. The fourth-order valence-corrected chi connectivity index (χ4v) is 2.00. The summed E-state index contributed by atoms with van der Waals surface area (Å²) in [7, 11) is 0. The van der Waals surface area contributed by atoms with Gasteiger partial charge in [-0.15, -0.1) is 0 Å². The topological polar surface area (TPSA) is 54.2 Å². The highest BCUT2D eigenvalue weighted by atomic mass is 19.1. The van der Waals surface area contributed by atoms with Crippen molar-refractivity contribution in [1.82, 2.24) is 4.98 Å². The molecule has 0 saturated carbocycles. The molecule has 0 aliphatic carbocycles. The molecule has 1 aromatic carbocycles. The average Bonchev–Trinajstić information content (AvgIpc) is 2.42. The smallest absolute Gasteiger partial charge is 0.178 e. The lowest BCUT2D eigenvalue weighted by Crippen LogP contribution is -2.21. The van der Waals surface area contributed by atoms with Crippen LogP contribution in [0.3, 0.4) is 0 Å². The van der Waals surface area contributed by atoms with Gasteiger partial charge in [-0.1, -0.05) is 12.1 Å². The van der Waals surface area contributed by atoms with Crippen molar-refractivity contribution in [3.63, 3.8) is 0 Å². The Balaban J connectivity index is 2.52. The minimum Gasteiger partial charge on any atom is -0.324 e. The van der Waals surface area contributed by atoms with Crippen LogP contribution in [-0.2, 0) is 0 Å². The van der Waals surface area contributed by atoms with Gasteiger partial charge in [0, 0.05) is 18.3 Å². The molecule has 0 fully saturated rings. The van der Waals surface area contributed by atoms with E-state index in [-0.39, 0.29) is 11.6 Å². The summed E-state index contributed by atoms with van der Waals surface area (Å²) in [6.45, 7) is 4.30. The molecule has 0 atom stereocenters. The molecule has 2 aromatic rings. The second-order valence-corrected chi connectivity index (χ2v) is 4.35. The molecule has 2 rings (SSSR count). The first kappa shape index (κ1) is 14.2. The van der Waals surface area contributed by atoms with Gasteiger partial charge < -0.3 is 10.3 Å². The van der Waals surface area contributed by atoms with Crippen LogP contribution in [0.15, 0.2) is 30.3 Å². The van der Waals surface area contributed by atoms with Crippen LogP contribution < -0.4 is 16.2 Å². The van der Waals surface area contributed by atoms with Gasteiger partial charge in [0.05, 0.1) is 0 Å². The minimum absolute atomic E-state index is 0.0347. The predicted molar refractivity (Wildman–Crippen MR) is 75.8 cm³/mol. The Morgan fingerprint density at radius 2 is 2.00 bits per heavy atom. The summed E-state index contributed by atoms with van der Waals surface area (Å²) >= 11 is 0. The molecular weight excluding hydrogens is 262 g/mol. The highest BCUT2D eigenvalue weighted by molar-refractivity contribution is 5.62. The number of rotatable bonds is 4. The number of aromatic nitrogens is 1. The van der Waals surface area contributed by atoms with Crippen molar-refractivity contribution in [3.8, 4) is 0 Å². The lowest BCUT2D eigenvalue weighted by atomic mass is 10.2. The van der Waals surface area contributed by atoms with E-state index in [1.54, 1.807) is 4.90 Å². The lowest BCUT2D eigenvalue weighted by Gasteiger charge is -2.23. The monoisotopic (exact) mass is 278 g/mol. The number of anilines is 3. The number of hydrogen-bond donors (Lipinski definition) is 2. The predicted octanol–water partition coefficient (Wildman–Crippen LogP) is 3.11. The van der Waals surface area contributed by atoms with Crippen LogP contribution in [0.1, 0.15) is 12.5 Å². The molecule has 0 bridgehead atoms. The number of pyridine rings is 1. The third-order valence-electron chi connectivity index (χ3n) is 2.93. The third-order valence-corrected chi connectivity index (χ3v) is 2.93. The maximum atomic E-state index is 14.0. The number of nitrogens with one attached hydrogen (secondary N) is 1. The summed E-state index contributed by atoms with van der Waals surface area (Å²) in [5.41, 5.74) is 3.95. The van der Waals surface area contributed by atoms with Crippen LogP contribution in [0.4, 0.5) is 26.1 Å². The van der Waals surface area contributed by atoms with Crippen LogP contribution in [0.2, 0.25) is 0 Å². The van der Waals surface area contributed by atoms with Gasteiger partial charge in [0.25, 0.3) is 0 Å². The normalized spacial score (nSPS) is 10.4.